The molecule has 0 aliphatic carbocycles. The van der Waals surface area contributed by atoms with E-state index in [0.717, 1.165) is 0 Å². The molecule has 0 heterocycles. The average molecular weight is 167 g/mol. The predicted octanol–water partition coefficient (Wildman–Crippen LogP) is 0.130. The third kappa shape index (κ3) is 5.17. The number of carboxylic acid groups (broad SMARTS) is 1. The standard InChI is InChI=1S/C3H6N4O2.ClH/c4-2(3(8)9)1-6-7-5;/h2H,1,4H2,(H,8,9);1H/t2-;/m0./s1. The van der Waals surface area contributed by atoms with Crippen LogP contribution in [-0.2, 0) is 4.79 Å². The van der Waals surface area contributed by atoms with Crippen LogP contribution in [0.1, 0.15) is 0 Å². The molecule has 10 heavy (non-hydrogen) atoms. The molecule has 1 atom stereocenters. The van der Waals surface area contributed by atoms with Crippen LogP contribution in [0.2, 0.25) is 0 Å². The first kappa shape index (κ1) is 11.8. The van der Waals surface area contributed by atoms with Crippen molar-refractivity contribution in [2.45, 2.75) is 6.04 Å². The maximum absolute atomic E-state index is 9.90. The van der Waals surface area contributed by atoms with Crippen molar-refractivity contribution in [3.8, 4) is 0 Å². The molecule has 0 aromatic rings. The van der Waals surface area contributed by atoms with Crippen molar-refractivity contribution in [1.29, 1.82) is 0 Å². The third-order valence-electron chi connectivity index (χ3n) is 0.659. The van der Waals surface area contributed by atoms with Gasteiger partial charge in [-0.25, -0.2) is 0 Å². The van der Waals surface area contributed by atoms with Crippen molar-refractivity contribution in [3.05, 3.63) is 10.4 Å². The number of hydrogen-bond donors (Lipinski definition) is 2. The number of hydrogen-bond acceptors (Lipinski definition) is 3. The van der Waals surface area contributed by atoms with E-state index < -0.39 is 12.0 Å². The Balaban J connectivity index is 0. The van der Waals surface area contributed by atoms with E-state index in [-0.39, 0.29) is 19.0 Å². The van der Waals surface area contributed by atoms with Gasteiger partial charge in [-0.05, 0) is 5.53 Å². The van der Waals surface area contributed by atoms with Gasteiger partial charge in [-0.15, -0.1) is 12.4 Å². The fourth-order valence-electron chi connectivity index (χ4n) is 0.203. The van der Waals surface area contributed by atoms with Gasteiger partial charge in [0.15, 0.2) is 0 Å². The minimum atomic E-state index is -1.16. The Morgan fingerprint density at radius 1 is 1.90 bits per heavy atom. The second-order valence-corrected chi connectivity index (χ2v) is 1.36. The molecule has 0 spiro atoms. The van der Waals surface area contributed by atoms with Crippen LogP contribution in [0.25, 0.3) is 10.4 Å². The number of halogens is 1. The van der Waals surface area contributed by atoms with E-state index in [1.807, 2.05) is 0 Å². The first-order valence-corrected chi connectivity index (χ1v) is 2.17. The molecule has 0 bridgehead atoms. The molecule has 0 amide bonds. The quantitative estimate of drug-likeness (QED) is 0.353. The van der Waals surface area contributed by atoms with Gasteiger partial charge in [0.25, 0.3) is 0 Å². The fourth-order valence-corrected chi connectivity index (χ4v) is 0.203. The molecule has 7 heteroatoms. The van der Waals surface area contributed by atoms with Gasteiger partial charge >= 0.3 is 5.97 Å². The van der Waals surface area contributed by atoms with Gasteiger partial charge < -0.3 is 10.8 Å². The number of nitrogens with two attached hydrogens (primary N) is 1. The largest absolute Gasteiger partial charge is 0.480 e. The zero-order valence-electron chi connectivity index (χ0n) is 4.97. The fraction of sp³-hybridized carbons (Fsp3) is 0.667. The summed E-state index contributed by atoms with van der Waals surface area (Å²) in [5.41, 5.74) is 12.6. The van der Waals surface area contributed by atoms with Crippen LogP contribution in [0, 0.1) is 0 Å². The van der Waals surface area contributed by atoms with Crippen molar-refractivity contribution >= 4 is 18.4 Å². The number of carbonyl (C=O) groups is 1. The molecule has 0 aromatic carbocycles. The molecule has 3 N–H and O–H groups in total. The molecule has 0 unspecified atom stereocenters. The van der Waals surface area contributed by atoms with E-state index in [4.69, 9.17) is 16.4 Å². The molecule has 0 saturated carbocycles. The number of carboxylic acids is 1. The summed E-state index contributed by atoms with van der Waals surface area (Å²) in [5, 5.41) is 11.1. The van der Waals surface area contributed by atoms with Gasteiger partial charge in [0, 0.05) is 4.91 Å². The van der Waals surface area contributed by atoms with Gasteiger partial charge in [-0.1, -0.05) is 5.11 Å². The predicted molar refractivity (Wildman–Crippen MR) is 36.9 cm³/mol. The maximum Gasteiger partial charge on any atom is 0.320 e. The Morgan fingerprint density at radius 2 is 2.40 bits per heavy atom. The molecule has 0 fully saturated rings. The summed E-state index contributed by atoms with van der Waals surface area (Å²) < 4.78 is 0. The van der Waals surface area contributed by atoms with Crippen LogP contribution in [-0.4, -0.2) is 23.7 Å². The highest BCUT2D eigenvalue weighted by Gasteiger charge is 2.07. The molecule has 0 radical (unpaired) electrons. The lowest BCUT2D eigenvalue weighted by Gasteiger charge is -1.97. The van der Waals surface area contributed by atoms with Crippen molar-refractivity contribution < 1.29 is 9.90 Å². The van der Waals surface area contributed by atoms with Gasteiger partial charge in [0.2, 0.25) is 0 Å². The molecule has 0 aliphatic rings. The monoisotopic (exact) mass is 166 g/mol. The molecular formula is C3H7ClN4O2. The van der Waals surface area contributed by atoms with Gasteiger partial charge in [0.05, 0.1) is 6.54 Å². The van der Waals surface area contributed by atoms with Crippen molar-refractivity contribution in [3.63, 3.8) is 0 Å². The number of aliphatic carboxylic acids is 1. The molecule has 58 valence electrons. The molecular weight excluding hydrogens is 160 g/mol. The molecule has 0 rings (SSSR count). The van der Waals surface area contributed by atoms with Gasteiger partial charge in [-0.3, -0.25) is 4.79 Å². The van der Waals surface area contributed by atoms with E-state index in [2.05, 4.69) is 10.0 Å². The first-order valence-electron chi connectivity index (χ1n) is 2.17. The lowest BCUT2D eigenvalue weighted by atomic mass is 10.3. The highest BCUT2D eigenvalue weighted by molar-refractivity contribution is 5.85. The van der Waals surface area contributed by atoms with Crippen LogP contribution >= 0.6 is 12.4 Å². The summed E-state index contributed by atoms with van der Waals surface area (Å²) in [6, 6.07) is -1.08. The summed E-state index contributed by atoms with van der Waals surface area (Å²) in [7, 11) is 0. The highest BCUT2D eigenvalue weighted by atomic mass is 35.5. The Morgan fingerprint density at radius 3 is 2.70 bits per heavy atom. The van der Waals surface area contributed by atoms with E-state index in [9.17, 15) is 4.79 Å². The normalized spacial score (nSPS) is 10.5. The zero-order valence-corrected chi connectivity index (χ0v) is 5.78. The summed E-state index contributed by atoms with van der Waals surface area (Å²) >= 11 is 0. The third-order valence-corrected chi connectivity index (χ3v) is 0.659. The van der Waals surface area contributed by atoms with Gasteiger partial charge in [-0.2, -0.15) is 0 Å². The Hall–Kier alpha value is -0.970. The highest BCUT2D eigenvalue weighted by Crippen LogP contribution is 1.79. The second-order valence-electron chi connectivity index (χ2n) is 1.36. The topological polar surface area (TPSA) is 112 Å². The first-order chi connectivity index (χ1) is 4.18. The van der Waals surface area contributed by atoms with Crippen LogP contribution in [0.3, 0.4) is 0 Å². The lowest BCUT2D eigenvalue weighted by molar-refractivity contribution is -0.138. The van der Waals surface area contributed by atoms with Crippen LogP contribution in [0.4, 0.5) is 0 Å². The van der Waals surface area contributed by atoms with E-state index in [1.165, 1.54) is 0 Å². The minimum Gasteiger partial charge on any atom is -0.480 e. The number of rotatable bonds is 3. The Kier molecular flexibility index (Phi) is 7.25. The maximum atomic E-state index is 9.90. The molecule has 0 aromatic heterocycles. The SMILES string of the molecule is Cl.[N-]=[N+]=NC[C@H](N)C(=O)O. The Labute approximate surface area is 63.1 Å². The second kappa shape index (κ2) is 6.15. The summed E-state index contributed by atoms with van der Waals surface area (Å²) in [6.45, 7) is -0.203. The summed E-state index contributed by atoms with van der Waals surface area (Å²) in [5.74, 6) is -1.16. The van der Waals surface area contributed by atoms with E-state index in [1.54, 1.807) is 0 Å². The van der Waals surface area contributed by atoms with Crippen molar-refractivity contribution in [1.82, 2.24) is 0 Å². The lowest BCUT2D eigenvalue weighted by Crippen LogP contribution is -2.32. The Bertz CT molecular complexity index is 155. The van der Waals surface area contributed by atoms with Crippen molar-refractivity contribution in [2.75, 3.05) is 6.54 Å². The van der Waals surface area contributed by atoms with Crippen LogP contribution in [0.15, 0.2) is 5.11 Å². The smallest absolute Gasteiger partial charge is 0.320 e. The van der Waals surface area contributed by atoms with Crippen LogP contribution in [0.5, 0.6) is 0 Å². The van der Waals surface area contributed by atoms with Gasteiger partial charge in [0.1, 0.15) is 6.04 Å². The average Bonchev–Trinajstić information content (AvgIpc) is 1.82. The zero-order chi connectivity index (χ0) is 7.28. The number of azide groups is 1. The van der Waals surface area contributed by atoms with E-state index in [0.29, 0.717) is 0 Å². The molecule has 0 saturated heterocycles. The van der Waals surface area contributed by atoms with Crippen molar-refractivity contribution in [2.24, 2.45) is 10.8 Å². The molecule has 6 nitrogen and oxygen atoms in total. The van der Waals surface area contributed by atoms with Crippen LogP contribution < -0.4 is 5.73 Å². The molecule has 0 aliphatic heterocycles. The summed E-state index contributed by atoms with van der Waals surface area (Å²) in [4.78, 5) is 12.2. The number of nitrogens with zero attached hydrogens (tertiary/aromatic N) is 3. The summed E-state index contributed by atoms with van der Waals surface area (Å²) in [6.07, 6.45) is 0. The van der Waals surface area contributed by atoms with E-state index >= 15 is 0 Å². The minimum absolute atomic E-state index is 0.